The van der Waals surface area contributed by atoms with Crippen LogP contribution in [0.5, 0.6) is 0 Å². The molecule has 0 spiro atoms. The van der Waals surface area contributed by atoms with Gasteiger partial charge in [-0.2, -0.15) is 0 Å². The van der Waals surface area contributed by atoms with Gasteiger partial charge in [0.15, 0.2) is 0 Å². The first-order chi connectivity index (χ1) is 10.0. The summed E-state index contributed by atoms with van der Waals surface area (Å²) in [6.07, 6.45) is 0.467. The lowest BCUT2D eigenvalue weighted by Gasteiger charge is -2.31. The Morgan fingerprint density at radius 1 is 0.952 bits per heavy atom. The number of aryl methyl sites for hydroxylation is 2. The first-order valence-electron chi connectivity index (χ1n) is 7.05. The van der Waals surface area contributed by atoms with Gasteiger partial charge in [0.2, 0.25) is 0 Å². The first-order valence-corrected chi connectivity index (χ1v) is 7.05. The Hall–Kier alpha value is -1.71. The molecule has 2 nitrogen and oxygen atoms in total. The van der Waals surface area contributed by atoms with E-state index in [1.54, 1.807) is 6.07 Å². The summed E-state index contributed by atoms with van der Waals surface area (Å²) in [7, 11) is 0. The summed E-state index contributed by atoms with van der Waals surface area (Å²) < 4.78 is 13.2. The number of hydrogen-bond donors (Lipinski definition) is 2. The van der Waals surface area contributed by atoms with E-state index in [1.807, 2.05) is 38.1 Å². The molecule has 2 aromatic rings. The summed E-state index contributed by atoms with van der Waals surface area (Å²) in [5, 5.41) is 19.7. The molecule has 2 rings (SSSR count). The number of aliphatic hydroxyl groups excluding tert-OH is 2. The highest BCUT2D eigenvalue weighted by molar-refractivity contribution is 5.35. The molecule has 0 aliphatic heterocycles. The molecule has 3 heteroatoms. The molecule has 0 aliphatic carbocycles. The second-order valence-corrected chi connectivity index (χ2v) is 5.71. The number of hydrogen-bond acceptors (Lipinski definition) is 2. The maximum Gasteiger partial charge on any atom is 0.123 e. The van der Waals surface area contributed by atoms with Gasteiger partial charge in [-0.25, -0.2) is 4.39 Å². The third-order valence-corrected chi connectivity index (χ3v) is 4.10. The minimum absolute atomic E-state index is 0.163. The molecule has 0 aromatic heterocycles. The Balaban J connectivity index is 2.40. The smallest absolute Gasteiger partial charge is 0.123 e. The van der Waals surface area contributed by atoms with Crippen LogP contribution in [0.1, 0.15) is 22.3 Å². The second kappa shape index (κ2) is 6.37. The molecule has 0 radical (unpaired) electrons. The standard InChI is InChI=1S/C18H21FO2/c1-13-3-6-16(7-4-13)18(11-20,12-21)10-15-5-8-17(19)9-14(15)2/h3-9,20-21H,10-12H2,1-2H3. The van der Waals surface area contributed by atoms with Crippen LogP contribution >= 0.6 is 0 Å². The lowest BCUT2D eigenvalue weighted by atomic mass is 9.76. The topological polar surface area (TPSA) is 40.5 Å². The van der Waals surface area contributed by atoms with E-state index < -0.39 is 5.41 Å². The zero-order valence-electron chi connectivity index (χ0n) is 12.4. The number of benzene rings is 2. The fourth-order valence-electron chi connectivity index (χ4n) is 2.58. The van der Waals surface area contributed by atoms with E-state index >= 15 is 0 Å². The molecule has 0 bridgehead atoms. The van der Waals surface area contributed by atoms with E-state index in [4.69, 9.17) is 0 Å². The lowest BCUT2D eigenvalue weighted by Crippen LogP contribution is -2.37. The first kappa shape index (κ1) is 15.7. The molecule has 2 N–H and O–H groups in total. The average Bonchev–Trinajstić information content (AvgIpc) is 2.48. The van der Waals surface area contributed by atoms with E-state index in [0.717, 1.165) is 22.3 Å². The molecule has 0 amide bonds. The zero-order valence-corrected chi connectivity index (χ0v) is 12.4. The zero-order chi connectivity index (χ0) is 15.5. The van der Waals surface area contributed by atoms with Crippen molar-refractivity contribution in [3.63, 3.8) is 0 Å². The maximum absolute atomic E-state index is 13.2. The third-order valence-electron chi connectivity index (χ3n) is 4.10. The van der Waals surface area contributed by atoms with Gasteiger partial charge in [-0.05, 0) is 49.1 Å². The fraction of sp³-hybridized carbons (Fsp3) is 0.333. The molecular formula is C18H21FO2. The van der Waals surface area contributed by atoms with Crippen LogP contribution in [0.3, 0.4) is 0 Å². The molecule has 21 heavy (non-hydrogen) atoms. The van der Waals surface area contributed by atoms with Crippen LogP contribution in [0, 0.1) is 19.7 Å². The largest absolute Gasteiger partial charge is 0.395 e. The Bertz CT molecular complexity index is 601. The predicted molar refractivity (Wildman–Crippen MR) is 81.9 cm³/mol. The molecule has 0 heterocycles. The highest BCUT2D eigenvalue weighted by Crippen LogP contribution is 2.29. The van der Waals surface area contributed by atoms with Gasteiger partial charge in [0.25, 0.3) is 0 Å². The highest BCUT2D eigenvalue weighted by atomic mass is 19.1. The van der Waals surface area contributed by atoms with Crippen molar-refractivity contribution in [2.24, 2.45) is 0 Å². The minimum Gasteiger partial charge on any atom is -0.395 e. The van der Waals surface area contributed by atoms with Gasteiger partial charge in [-0.3, -0.25) is 0 Å². The van der Waals surface area contributed by atoms with Gasteiger partial charge in [0.05, 0.1) is 13.2 Å². The molecule has 0 fully saturated rings. The quantitative estimate of drug-likeness (QED) is 0.888. The van der Waals surface area contributed by atoms with Crippen LogP contribution in [-0.2, 0) is 11.8 Å². The fourth-order valence-corrected chi connectivity index (χ4v) is 2.58. The van der Waals surface area contributed by atoms with Gasteiger partial charge in [-0.15, -0.1) is 0 Å². The molecule has 112 valence electrons. The Labute approximate surface area is 124 Å². The minimum atomic E-state index is -0.754. The Kier molecular flexibility index (Phi) is 4.76. The van der Waals surface area contributed by atoms with Crippen molar-refractivity contribution in [2.75, 3.05) is 13.2 Å². The van der Waals surface area contributed by atoms with Crippen LogP contribution in [-0.4, -0.2) is 23.4 Å². The van der Waals surface area contributed by atoms with Crippen LogP contribution in [0.15, 0.2) is 42.5 Å². The van der Waals surface area contributed by atoms with E-state index in [2.05, 4.69) is 0 Å². The van der Waals surface area contributed by atoms with E-state index in [9.17, 15) is 14.6 Å². The normalized spacial score (nSPS) is 11.7. The lowest BCUT2D eigenvalue weighted by molar-refractivity contribution is 0.116. The summed E-state index contributed by atoms with van der Waals surface area (Å²) in [6.45, 7) is 3.51. The van der Waals surface area contributed by atoms with E-state index in [0.29, 0.717) is 6.42 Å². The van der Waals surface area contributed by atoms with Gasteiger partial charge in [-0.1, -0.05) is 35.9 Å². The molecule has 2 aromatic carbocycles. The van der Waals surface area contributed by atoms with E-state index in [-0.39, 0.29) is 19.0 Å². The summed E-state index contributed by atoms with van der Waals surface area (Å²) in [5.41, 5.74) is 3.02. The summed E-state index contributed by atoms with van der Waals surface area (Å²) in [5.74, 6) is -0.273. The molecule has 0 saturated carbocycles. The van der Waals surface area contributed by atoms with Crippen molar-refractivity contribution in [1.82, 2.24) is 0 Å². The number of rotatable bonds is 5. The molecular weight excluding hydrogens is 267 g/mol. The summed E-state index contributed by atoms with van der Waals surface area (Å²) in [6, 6.07) is 12.4. The summed E-state index contributed by atoms with van der Waals surface area (Å²) in [4.78, 5) is 0. The number of aliphatic hydroxyl groups is 2. The summed E-state index contributed by atoms with van der Waals surface area (Å²) >= 11 is 0. The predicted octanol–water partition coefficient (Wildman–Crippen LogP) is 2.91. The Morgan fingerprint density at radius 3 is 2.10 bits per heavy atom. The van der Waals surface area contributed by atoms with Crippen LogP contribution in [0.4, 0.5) is 4.39 Å². The van der Waals surface area contributed by atoms with Crippen LogP contribution in [0.2, 0.25) is 0 Å². The molecule has 0 aliphatic rings. The molecule has 0 unspecified atom stereocenters. The Morgan fingerprint density at radius 2 is 1.57 bits per heavy atom. The van der Waals surface area contributed by atoms with Crippen molar-refractivity contribution in [2.45, 2.75) is 25.7 Å². The van der Waals surface area contributed by atoms with E-state index in [1.165, 1.54) is 12.1 Å². The molecule has 0 saturated heterocycles. The maximum atomic E-state index is 13.2. The third kappa shape index (κ3) is 3.31. The van der Waals surface area contributed by atoms with Gasteiger partial charge < -0.3 is 10.2 Å². The van der Waals surface area contributed by atoms with Crippen LogP contribution < -0.4 is 0 Å². The van der Waals surface area contributed by atoms with Crippen LogP contribution in [0.25, 0.3) is 0 Å². The van der Waals surface area contributed by atoms with Crippen molar-refractivity contribution in [3.8, 4) is 0 Å². The van der Waals surface area contributed by atoms with Crippen molar-refractivity contribution in [1.29, 1.82) is 0 Å². The average molecular weight is 288 g/mol. The SMILES string of the molecule is Cc1ccc(C(CO)(CO)Cc2ccc(F)cc2C)cc1. The van der Waals surface area contributed by atoms with Gasteiger partial charge in [0.1, 0.15) is 5.82 Å². The second-order valence-electron chi connectivity index (χ2n) is 5.71. The highest BCUT2D eigenvalue weighted by Gasteiger charge is 2.31. The van der Waals surface area contributed by atoms with Crippen molar-refractivity contribution >= 4 is 0 Å². The molecule has 0 atom stereocenters. The van der Waals surface area contributed by atoms with Crippen molar-refractivity contribution < 1.29 is 14.6 Å². The van der Waals surface area contributed by atoms with Gasteiger partial charge in [0, 0.05) is 5.41 Å². The number of halogens is 1. The van der Waals surface area contributed by atoms with Gasteiger partial charge >= 0.3 is 0 Å². The van der Waals surface area contributed by atoms with Crippen molar-refractivity contribution in [3.05, 3.63) is 70.5 Å². The monoisotopic (exact) mass is 288 g/mol.